The molecule has 0 aliphatic carbocycles. The minimum atomic E-state index is -4.45. The lowest BCUT2D eigenvalue weighted by Gasteiger charge is -2.16. The van der Waals surface area contributed by atoms with Gasteiger partial charge in [0.1, 0.15) is 0 Å². The van der Waals surface area contributed by atoms with Crippen LogP contribution in [-0.2, 0) is 6.18 Å². The third kappa shape index (κ3) is 9.41. The third-order valence-electron chi connectivity index (χ3n) is 3.55. The van der Waals surface area contributed by atoms with Gasteiger partial charge in [0.2, 0.25) is 0 Å². The van der Waals surface area contributed by atoms with Gasteiger partial charge in [-0.15, -0.1) is 0 Å². The maximum absolute atomic E-state index is 13.3. The monoisotopic (exact) mass is 417 g/mol. The van der Waals surface area contributed by atoms with Gasteiger partial charge in [-0.05, 0) is 43.4 Å². The van der Waals surface area contributed by atoms with Crippen LogP contribution in [0.25, 0.3) is 11.4 Å². The van der Waals surface area contributed by atoms with E-state index in [2.05, 4.69) is 27.9 Å². The third-order valence-corrected chi connectivity index (χ3v) is 3.55. The van der Waals surface area contributed by atoms with Crippen molar-refractivity contribution >= 4 is 18.3 Å². The predicted octanol–water partition coefficient (Wildman–Crippen LogP) is 5.70. The van der Waals surface area contributed by atoms with Gasteiger partial charge in [0.05, 0.1) is 5.56 Å². The number of rotatable bonds is 8. The van der Waals surface area contributed by atoms with Crippen molar-refractivity contribution in [3.63, 3.8) is 0 Å². The second-order valence-corrected chi connectivity index (χ2v) is 5.40. The first-order valence-electron chi connectivity index (χ1n) is 9.30. The fraction of sp³-hybridized carbons (Fsp3) is 0.500. The molecule has 0 saturated heterocycles. The second-order valence-electron chi connectivity index (χ2n) is 5.40. The molecule has 0 atom stereocenters. The largest absolute Gasteiger partial charge is 0.418 e. The topological polar surface area (TPSA) is 58.0 Å². The Morgan fingerprint density at radius 2 is 1.61 bits per heavy atom. The SMILES string of the molecule is CC.CS.OCCCCCCNc1ccc(-c2ncccn2)cc1C(F)(F)F. The molecule has 4 nitrogen and oxygen atoms in total. The maximum atomic E-state index is 13.3. The molecule has 1 aromatic carbocycles. The van der Waals surface area contributed by atoms with Crippen LogP contribution in [0.5, 0.6) is 0 Å². The number of hydrogen-bond donors (Lipinski definition) is 3. The summed E-state index contributed by atoms with van der Waals surface area (Å²) in [6, 6.07) is 5.69. The molecule has 0 radical (unpaired) electrons. The molecule has 0 aliphatic heterocycles. The first-order chi connectivity index (χ1) is 13.5. The number of aliphatic hydroxyl groups is 1. The molecule has 28 heavy (non-hydrogen) atoms. The summed E-state index contributed by atoms with van der Waals surface area (Å²) in [5.41, 5.74) is -0.330. The Balaban J connectivity index is 0.00000171. The van der Waals surface area contributed by atoms with E-state index in [-0.39, 0.29) is 18.1 Å². The quantitative estimate of drug-likeness (QED) is 0.381. The Morgan fingerprint density at radius 1 is 1.00 bits per heavy atom. The average molecular weight is 418 g/mol. The molecule has 2 aromatic rings. The lowest BCUT2D eigenvalue weighted by Crippen LogP contribution is -2.12. The number of benzene rings is 1. The number of nitrogens with zero attached hydrogens (tertiary/aromatic N) is 2. The van der Waals surface area contributed by atoms with E-state index in [1.807, 2.05) is 13.8 Å². The smallest absolute Gasteiger partial charge is 0.396 e. The van der Waals surface area contributed by atoms with Crippen molar-refractivity contribution in [2.24, 2.45) is 0 Å². The highest BCUT2D eigenvalue weighted by atomic mass is 32.1. The molecule has 0 fully saturated rings. The molecule has 0 unspecified atom stereocenters. The van der Waals surface area contributed by atoms with E-state index in [4.69, 9.17) is 5.11 Å². The number of alkyl halides is 3. The van der Waals surface area contributed by atoms with Gasteiger partial charge in [-0.25, -0.2) is 9.97 Å². The van der Waals surface area contributed by atoms with Gasteiger partial charge in [0, 0.05) is 36.8 Å². The molecule has 1 heterocycles. The molecule has 0 spiro atoms. The van der Waals surface area contributed by atoms with Crippen LogP contribution in [0.1, 0.15) is 45.1 Å². The number of halogens is 3. The summed E-state index contributed by atoms with van der Waals surface area (Å²) in [5, 5.41) is 11.5. The van der Waals surface area contributed by atoms with E-state index in [1.165, 1.54) is 18.5 Å². The molecule has 0 amide bonds. The van der Waals surface area contributed by atoms with Crippen LogP contribution >= 0.6 is 12.6 Å². The van der Waals surface area contributed by atoms with Crippen molar-refractivity contribution in [1.29, 1.82) is 0 Å². The molecule has 2 N–H and O–H groups in total. The summed E-state index contributed by atoms with van der Waals surface area (Å²) in [4.78, 5) is 7.97. The molecule has 2 rings (SSSR count). The van der Waals surface area contributed by atoms with E-state index in [0.29, 0.717) is 12.1 Å². The normalized spacial score (nSPS) is 10.3. The fourth-order valence-electron chi connectivity index (χ4n) is 2.33. The van der Waals surface area contributed by atoms with Crippen molar-refractivity contribution in [3.05, 3.63) is 42.2 Å². The van der Waals surface area contributed by atoms with Gasteiger partial charge in [-0.2, -0.15) is 25.8 Å². The fourth-order valence-corrected chi connectivity index (χ4v) is 2.33. The Hall–Kier alpha value is -1.80. The molecule has 1 aromatic heterocycles. The maximum Gasteiger partial charge on any atom is 0.418 e. The second kappa shape index (κ2) is 15.2. The van der Waals surface area contributed by atoms with Gasteiger partial charge in [0.15, 0.2) is 5.82 Å². The molecular formula is C20H30F3N3OS. The Morgan fingerprint density at radius 3 is 2.18 bits per heavy atom. The van der Waals surface area contributed by atoms with Gasteiger partial charge >= 0.3 is 6.18 Å². The van der Waals surface area contributed by atoms with Crippen molar-refractivity contribution in [2.75, 3.05) is 24.7 Å². The summed E-state index contributed by atoms with van der Waals surface area (Å²) in [6.45, 7) is 4.60. The minimum Gasteiger partial charge on any atom is -0.396 e. The van der Waals surface area contributed by atoms with Crippen LogP contribution in [0.2, 0.25) is 0 Å². The Labute approximate surface area is 171 Å². The number of thiol groups is 1. The number of nitrogens with one attached hydrogen (secondary N) is 1. The van der Waals surface area contributed by atoms with Crippen LogP contribution < -0.4 is 5.32 Å². The summed E-state index contributed by atoms with van der Waals surface area (Å²) in [6.07, 6.45) is 3.44. The number of unbranched alkanes of at least 4 members (excludes halogenated alkanes) is 3. The van der Waals surface area contributed by atoms with E-state index in [9.17, 15) is 13.2 Å². The highest BCUT2D eigenvalue weighted by Crippen LogP contribution is 2.37. The van der Waals surface area contributed by atoms with Crippen LogP contribution in [-0.4, -0.2) is 34.5 Å². The lowest BCUT2D eigenvalue weighted by atomic mass is 10.1. The van der Waals surface area contributed by atoms with Gasteiger partial charge in [-0.1, -0.05) is 26.7 Å². The lowest BCUT2D eigenvalue weighted by molar-refractivity contribution is -0.136. The number of aliphatic hydroxyl groups excluding tert-OH is 1. The summed E-state index contributed by atoms with van der Waals surface area (Å²) < 4.78 is 39.9. The Bertz CT molecular complexity index is 640. The predicted molar refractivity (Wildman–Crippen MR) is 113 cm³/mol. The zero-order valence-electron chi connectivity index (χ0n) is 16.6. The molecule has 8 heteroatoms. The zero-order chi connectivity index (χ0) is 21.4. The molecule has 0 bridgehead atoms. The highest BCUT2D eigenvalue weighted by molar-refractivity contribution is 7.79. The first-order valence-corrected chi connectivity index (χ1v) is 10.2. The van der Waals surface area contributed by atoms with Gasteiger partial charge in [0.25, 0.3) is 0 Å². The van der Waals surface area contributed by atoms with Crippen molar-refractivity contribution in [2.45, 2.75) is 45.7 Å². The van der Waals surface area contributed by atoms with Crippen molar-refractivity contribution < 1.29 is 18.3 Å². The summed E-state index contributed by atoms with van der Waals surface area (Å²) >= 11 is 3.53. The molecule has 158 valence electrons. The van der Waals surface area contributed by atoms with E-state index in [0.717, 1.165) is 31.7 Å². The van der Waals surface area contributed by atoms with E-state index in [1.54, 1.807) is 18.4 Å². The Kier molecular flexibility index (Phi) is 14.2. The average Bonchev–Trinajstić information content (AvgIpc) is 2.73. The standard InChI is InChI=1S/C17H20F3N3O.C2H6.CH4S/c18-17(19,20)14-12-13(16-22-9-5-10-23-16)6-7-15(14)21-8-3-1-2-4-11-24;2*1-2/h5-7,9-10,12,21,24H,1-4,8,11H2;1-2H3;2H,1H3. The van der Waals surface area contributed by atoms with Gasteiger partial charge < -0.3 is 10.4 Å². The first kappa shape index (κ1) is 26.2. The van der Waals surface area contributed by atoms with Crippen LogP contribution in [0.3, 0.4) is 0 Å². The molecular weight excluding hydrogens is 387 g/mol. The molecule has 0 saturated carbocycles. The van der Waals surface area contributed by atoms with Crippen molar-refractivity contribution in [3.8, 4) is 11.4 Å². The minimum absolute atomic E-state index is 0.0596. The summed E-state index contributed by atoms with van der Waals surface area (Å²) in [7, 11) is 0. The van der Waals surface area contributed by atoms with Crippen LogP contribution in [0.4, 0.5) is 18.9 Å². The number of aromatic nitrogens is 2. The zero-order valence-corrected chi connectivity index (χ0v) is 17.5. The van der Waals surface area contributed by atoms with Crippen LogP contribution in [0, 0.1) is 0 Å². The van der Waals surface area contributed by atoms with E-state index < -0.39 is 11.7 Å². The number of hydrogen-bond acceptors (Lipinski definition) is 5. The van der Waals surface area contributed by atoms with Crippen molar-refractivity contribution in [1.82, 2.24) is 9.97 Å². The summed E-state index contributed by atoms with van der Waals surface area (Å²) in [5.74, 6) is 0.263. The molecule has 0 aliphatic rings. The van der Waals surface area contributed by atoms with Gasteiger partial charge in [-0.3, -0.25) is 0 Å². The number of anilines is 1. The van der Waals surface area contributed by atoms with Crippen LogP contribution in [0.15, 0.2) is 36.7 Å². The highest BCUT2D eigenvalue weighted by Gasteiger charge is 2.34. The van der Waals surface area contributed by atoms with E-state index >= 15 is 0 Å².